The molecule has 55 heavy (non-hydrogen) atoms. The van der Waals surface area contributed by atoms with E-state index >= 15 is 0 Å². The quantitative estimate of drug-likeness (QED) is 0.183. The van der Waals surface area contributed by atoms with Crippen LogP contribution in [-0.4, -0.2) is 15.0 Å². The second-order valence-corrected chi connectivity index (χ2v) is 16.9. The van der Waals surface area contributed by atoms with Crippen LogP contribution in [0.15, 0.2) is 140 Å². The molecule has 0 atom stereocenters. The zero-order valence-corrected chi connectivity index (χ0v) is 30.5. The van der Waals surface area contributed by atoms with Gasteiger partial charge in [0.15, 0.2) is 17.5 Å². The molecule has 1 spiro atoms. The van der Waals surface area contributed by atoms with Gasteiger partial charge in [-0.15, -0.1) is 0 Å². The van der Waals surface area contributed by atoms with Gasteiger partial charge in [0.2, 0.25) is 0 Å². The summed E-state index contributed by atoms with van der Waals surface area (Å²) in [5.41, 5.74) is 15.3. The van der Waals surface area contributed by atoms with Gasteiger partial charge in [-0.3, -0.25) is 0 Å². The number of hydrogen-bond donors (Lipinski definition) is 0. The van der Waals surface area contributed by atoms with E-state index in [2.05, 4.69) is 91.0 Å². The fourth-order valence-electron chi connectivity index (χ4n) is 12.2. The fraction of sp³-hybridized carbons (Fsp3) is 0.216. The summed E-state index contributed by atoms with van der Waals surface area (Å²) in [6.45, 7) is 0. The Kier molecular flexibility index (Phi) is 6.48. The average Bonchev–Trinajstić information content (AvgIpc) is 3.70. The van der Waals surface area contributed by atoms with Crippen molar-refractivity contribution < 1.29 is 0 Å². The summed E-state index contributed by atoms with van der Waals surface area (Å²) in [6.07, 6.45) is 8.36. The molecule has 0 amide bonds. The van der Waals surface area contributed by atoms with Crippen molar-refractivity contribution in [3.8, 4) is 62.5 Å². The zero-order valence-electron chi connectivity index (χ0n) is 30.5. The third kappa shape index (κ3) is 4.41. The SMILES string of the molecule is N#Cc1cccc(-c2nc(-c3ccccc3)nc(-c3ccc4c(c3)C3(c5ccccc5-c5ccccc53)c3cc(C56C[C@H]7C[C@H](C5)C[C@@H](C6)C7)ccc3-4)n2)c1. The molecule has 1 aromatic heterocycles. The van der Waals surface area contributed by atoms with Gasteiger partial charge >= 0.3 is 0 Å². The van der Waals surface area contributed by atoms with Crippen LogP contribution >= 0.6 is 0 Å². The van der Waals surface area contributed by atoms with E-state index in [-0.39, 0.29) is 0 Å². The molecule has 0 aliphatic heterocycles. The van der Waals surface area contributed by atoms with Gasteiger partial charge in [0, 0.05) is 16.7 Å². The predicted molar refractivity (Wildman–Crippen MR) is 217 cm³/mol. The van der Waals surface area contributed by atoms with E-state index in [4.69, 9.17) is 15.0 Å². The van der Waals surface area contributed by atoms with Crippen LogP contribution in [0.4, 0.5) is 0 Å². The first-order chi connectivity index (χ1) is 27.1. The molecule has 262 valence electrons. The topological polar surface area (TPSA) is 62.5 Å². The summed E-state index contributed by atoms with van der Waals surface area (Å²) < 4.78 is 0. The van der Waals surface area contributed by atoms with Gasteiger partial charge in [-0.1, -0.05) is 121 Å². The lowest BCUT2D eigenvalue weighted by Crippen LogP contribution is -2.48. The number of nitriles is 1. The Morgan fingerprint density at radius 2 is 0.964 bits per heavy atom. The molecule has 4 bridgehead atoms. The van der Waals surface area contributed by atoms with Crippen LogP contribution in [-0.2, 0) is 10.8 Å². The first kappa shape index (κ1) is 31.2. The maximum Gasteiger partial charge on any atom is 0.164 e. The molecule has 4 heteroatoms. The average molecular weight is 707 g/mol. The molecule has 4 nitrogen and oxygen atoms in total. The molecule has 4 saturated carbocycles. The maximum atomic E-state index is 9.72. The van der Waals surface area contributed by atoms with E-state index in [1.54, 1.807) is 5.56 Å². The summed E-state index contributed by atoms with van der Waals surface area (Å²) in [4.78, 5) is 15.3. The van der Waals surface area contributed by atoms with Crippen molar-refractivity contribution in [1.29, 1.82) is 5.26 Å². The third-order valence-electron chi connectivity index (χ3n) is 13.9. The summed E-state index contributed by atoms with van der Waals surface area (Å²) in [5.74, 6) is 4.43. The van der Waals surface area contributed by atoms with Crippen LogP contribution in [0, 0.1) is 29.1 Å². The highest BCUT2D eigenvalue weighted by Gasteiger charge is 2.55. The third-order valence-corrected chi connectivity index (χ3v) is 13.9. The molecule has 0 N–H and O–H groups in total. The summed E-state index contributed by atoms with van der Waals surface area (Å²) >= 11 is 0. The molecular weight excluding hydrogens is 669 g/mol. The van der Waals surface area contributed by atoms with Crippen LogP contribution in [0.1, 0.15) is 71.9 Å². The highest BCUT2D eigenvalue weighted by Crippen LogP contribution is 2.65. The zero-order chi connectivity index (χ0) is 36.3. The van der Waals surface area contributed by atoms with Gasteiger partial charge in [0.25, 0.3) is 0 Å². The molecule has 0 unspecified atom stereocenters. The van der Waals surface area contributed by atoms with Crippen molar-refractivity contribution in [3.63, 3.8) is 0 Å². The molecule has 4 fully saturated rings. The lowest BCUT2D eigenvalue weighted by molar-refractivity contribution is -0.00522. The van der Waals surface area contributed by atoms with E-state index in [1.807, 2.05) is 54.6 Å². The van der Waals surface area contributed by atoms with E-state index in [9.17, 15) is 5.26 Å². The van der Waals surface area contributed by atoms with Crippen LogP contribution < -0.4 is 0 Å². The van der Waals surface area contributed by atoms with E-state index in [1.165, 1.54) is 83.0 Å². The van der Waals surface area contributed by atoms with Crippen LogP contribution in [0.2, 0.25) is 0 Å². The minimum Gasteiger partial charge on any atom is -0.208 e. The van der Waals surface area contributed by atoms with Crippen LogP contribution in [0.3, 0.4) is 0 Å². The van der Waals surface area contributed by atoms with Gasteiger partial charge < -0.3 is 0 Å². The molecule has 6 aliphatic rings. The number of aromatic nitrogens is 3. The van der Waals surface area contributed by atoms with Gasteiger partial charge in [0.05, 0.1) is 17.0 Å². The van der Waals surface area contributed by atoms with Crippen LogP contribution in [0.25, 0.3) is 56.4 Å². The van der Waals surface area contributed by atoms with Gasteiger partial charge in [0.1, 0.15) is 0 Å². The molecule has 6 aliphatic carbocycles. The lowest BCUT2D eigenvalue weighted by atomic mass is 9.48. The maximum absolute atomic E-state index is 9.72. The van der Waals surface area contributed by atoms with Crippen molar-refractivity contribution in [2.75, 3.05) is 0 Å². The van der Waals surface area contributed by atoms with Crippen molar-refractivity contribution in [1.82, 2.24) is 15.0 Å². The minimum absolute atomic E-state index is 0.292. The smallest absolute Gasteiger partial charge is 0.164 e. The van der Waals surface area contributed by atoms with Crippen molar-refractivity contribution >= 4 is 0 Å². The standard InChI is InChI=1S/C51H38N4/c52-30-31-9-8-12-36(24-31)48-53-47(35-10-2-1-3-11-35)54-49(55-48)37-17-19-41-42-20-18-38(50-27-32-21-33(28-50)23-34(22-32)29-50)26-46(42)51(45(41)25-37)43-15-6-4-13-39(43)40-14-5-7-16-44(40)51/h1-20,24-26,32-34H,21-23,27-29H2/t32-,33-,34-,50?. The van der Waals surface area contributed by atoms with Gasteiger partial charge in [-0.2, -0.15) is 5.26 Å². The lowest BCUT2D eigenvalue weighted by Gasteiger charge is -2.57. The molecule has 1 heterocycles. The Balaban J connectivity index is 1.10. The first-order valence-electron chi connectivity index (χ1n) is 19.9. The number of nitrogens with zero attached hydrogens (tertiary/aromatic N) is 4. The number of hydrogen-bond acceptors (Lipinski definition) is 4. The van der Waals surface area contributed by atoms with Gasteiger partial charge in [-0.05, 0) is 130 Å². The van der Waals surface area contributed by atoms with Crippen molar-refractivity contribution in [3.05, 3.63) is 173 Å². The second-order valence-electron chi connectivity index (χ2n) is 16.9. The van der Waals surface area contributed by atoms with Gasteiger partial charge in [-0.25, -0.2) is 15.0 Å². The first-order valence-corrected chi connectivity index (χ1v) is 19.9. The summed E-state index contributed by atoms with van der Waals surface area (Å²) in [5, 5.41) is 9.72. The Morgan fingerprint density at radius 1 is 0.455 bits per heavy atom. The molecule has 6 aromatic carbocycles. The molecule has 0 saturated heterocycles. The number of rotatable bonds is 4. The minimum atomic E-state index is -0.467. The molecular formula is C51H38N4. The number of fused-ring (bicyclic) bond motifs is 10. The second kappa shape index (κ2) is 11.4. The van der Waals surface area contributed by atoms with E-state index in [0.29, 0.717) is 28.5 Å². The van der Waals surface area contributed by atoms with E-state index in [0.717, 1.165) is 34.4 Å². The predicted octanol–water partition coefficient (Wildman–Crippen LogP) is 11.6. The molecule has 13 rings (SSSR count). The van der Waals surface area contributed by atoms with Crippen LogP contribution in [0.5, 0.6) is 0 Å². The van der Waals surface area contributed by atoms with Crippen molar-refractivity contribution in [2.24, 2.45) is 17.8 Å². The Bertz CT molecular complexity index is 2690. The fourth-order valence-corrected chi connectivity index (χ4v) is 12.2. The van der Waals surface area contributed by atoms with Crippen molar-refractivity contribution in [2.45, 2.75) is 49.4 Å². The summed E-state index contributed by atoms with van der Waals surface area (Å²) in [6, 6.07) is 52.6. The normalized spacial score (nSPS) is 22.9. The highest BCUT2D eigenvalue weighted by molar-refractivity contribution is 5.96. The summed E-state index contributed by atoms with van der Waals surface area (Å²) in [7, 11) is 0. The monoisotopic (exact) mass is 706 g/mol. The molecule has 7 aromatic rings. The molecule has 0 radical (unpaired) electrons. The Hall–Kier alpha value is -6.18. The Morgan fingerprint density at radius 3 is 1.60 bits per heavy atom. The number of benzene rings is 6. The largest absolute Gasteiger partial charge is 0.208 e. The Labute approximate surface area is 321 Å². The highest BCUT2D eigenvalue weighted by atomic mass is 15.0. The van der Waals surface area contributed by atoms with E-state index < -0.39 is 5.41 Å².